The van der Waals surface area contributed by atoms with Crippen LogP contribution in [0.25, 0.3) is 11.3 Å². The third-order valence-electron chi connectivity index (χ3n) is 8.62. The first-order chi connectivity index (χ1) is 19.1. The number of nitrogens with zero attached hydrogens (tertiary/aromatic N) is 3. The Hall–Kier alpha value is -3.36. The third kappa shape index (κ3) is 3.72. The van der Waals surface area contributed by atoms with Gasteiger partial charge in [-0.2, -0.15) is 0 Å². The maximum atomic E-state index is 13.9. The molecule has 6 rings (SSSR count). The number of hydrogen-bond acceptors (Lipinski definition) is 8. The Balaban J connectivity index is 1.43. The van der Waals surface area contributed by atoms with Crippen LogP contribution in [0, 0.1) is 23.4 Å². The normalized spacial score (nSPS) is 33.4. The van der Waals surface area contributed by atoms with Gasteiger partial charge in [0.25, 0.3) is 0 Å². The zero-order chi connectivity index (χ0) is 28.4. The number of benzene rings is 2. The second-order valence-corrected chi connectivity index (χ2v) is 10.5. The molecule has 3 aliphatic rings. The van der Waals surface area contributed by atoms with Gasteiger partial charge in [0, 0.05) is 11.5 Å². The molecule has 7 atom stereocenters. The van der Waals surface area contributed by atoms with Crippen LogP contribution in [0.5, 0.6) is 0 Å². The molecule has 212 valence electrons. The summed E-state index contributed by atoms with van der Waals surface area (Å²) in [6, 6.07) is 7.53. The molecule has 3 aromatic rings. The summed E-state index contributed by atoms with van der Waals surface area (Å²) in [6.07, 6.45) is -2.05. The van der Waals surface area contributed by atoms with Gasteiger partial charge in [-0.05, 0) is 42.5 Å². The smallest absolute Gasteiger partial charge is 0.228 e. The topological polar surface area (TPSA) is 153 Å². The average Bonchev–Trinajstić information content (AvgIpc) is 3.67. The first-order valence-electron chi connectivity index (χ1n) is 12.9. The highest BCUT2D eigenvalue weighted by Gasteiger charge is 2.68. The molecule has 1 unspecified atom stereocenters. The predicted molar refractivity (Wildman–Crippen MR) is 131 cm³/mol. The van der Waals surface area contributed by atoms with E-state index in [4.69, 9.17) is 15.2 Å². The second-order valence-electron chi connectivity index (χ2n) is 10.5. The summed E-state index contributed by atoms with van der Waals surface area (Å²) in [7, 11) is 0. The fourth-order valence-electron chi connectivity index (χ4n) is 6.79. The maximum absolute atomic E-state index is 13.9. The molecule has 1 amide bonds. The Morgan fingerprint density at radius 2 is 1.90 bits per heavy atom. The number of primary amides is 1. The summed E-state index contributed by atoms with van der Waals surface area (Å²) in [4.78, 5) is 13.2. The first-order valence-corrected chi connectivity index (χ1v) is 12.9. The van der Waals surface area contributed by atoms with E-state index in [0.29, 0.717) is 18.4 Å². The number of fused-ring (bicyclic) bond motifs is 1. The molecule has 2 aliphatic heterocycles. The van der Waals surface area contributed by atoms with Gasteiger partial charge in [0.05, 0.1) is 24.8 Å². The number of hydrogen-bond donors (Lipinski definition) is 4. The number of halogens is 3. The fourth-order valence-corrected chi connectivity index (χ4v) is 6.79. The molecule has 2 saturated heterocycles. The van der Waals surface area contributed by atoms with E-state index in [-0.39, 0.29) is 24.3 Å². The van der Waals surface area contributed by atoms with Gasteiger partial charge in [0.15, 0.2) is 17.5 Å². The van der Waals surface area contributed by atoms with Crippen molar-refractivity contribution in [3.63, 3.8) is 0 Å². The van der Waals surface area contributed by atoms with Crippen LogP contribution in [-0.2, 0) is 26.1 Å². The highest BCUT2D eigenvalue weighted by molar-refractivity contribution is 5.89. The molecule has 1 aliphatic carbocycles. The lowest BCUT2D eigenvalue weighted by molar-refractivity contribution is -0.357. The van der Waals surface area contributed by atoms with Crippen molar-refractivity contribution < 1.29 is 42.8 Å². The molecule has 5 N–H and O–H groups in total. The van der Waals surface area contributed by atoms with E-state index in [2.05, 4.69) is 10.3 Å². The Kier molecular flexibility index (Phi) is 6.46. The number of nitrogens with two attached hydrogens (primary N) is 1. The van der Waals surface area contributed by atoms with Gasteiger partial charge in [0.1, 0.15) is 30.0 Å². The third-order valence-corrected chi connectivity index (χ3v) is 8.62. The number of aliphatic hydroxyl groups is 3. The summed E-state index contributed by atoms with van der Waals surface area (Å²) in [5.74, 6) is -7.79. The largest absolute Gasteiger partial charge is 0.394 e. The number of aryl methyl sites for hydroxylation is 1. The van der Waals surface area contributed by atoms with Crippen LogP contribution in [-0.4, -0.2) is 73.5 Å². The number of carbonyl (C=O) groups excluding carboxylic acids is 1. The van der Waals surface area contributed by atoms with Gasteiger partial charge in [-0.3, -0.25) is 4.79 Å². The van der Waals surface area contributed by atoms with Gasteiger partial charge in [-0.15, -0.1) is 5.10 Å². The van der Waals surface area contributed by atoms with Gasteiger partial charge in [0.2, 0.25) is 11.7 Å². The van der Waals surface area contributed by atoms with E-state index >= 15 is 0 Å². The maximum Gasteiger partial charge on any atom is 0.228 e. The Morgan fingerprint density at radius 3 is 2.60 bits per heavy atom. The lowest BCUT2D eigenvalue weighted by Gasteiger charge is -2.52. The van der Waals surface area contributed by atoms with Crippen molar-refractivity contribution in [2.75, 3.05) is 13.2 Å². The number of aliphatic hydroxyl groups excluding tert-OH is 3. The first kappa shape index (κ1) is 26.8. The zero-order valence-electron chi connectivity index (χ0n) is 21.1. The van der Waals surface area contributed by atoms with Gasteiger partial charge >= 0.3 is 0 Å². The number of carbonyl (C=O) groups is 1. The van der Waals surface area contributed by atoms with Crippen LogP contribution in [0.2, 0.25) is 0 Å². The van der Waals surface area contributed by atoms with Crippen molar-refractivity contribution in [3.8, 4) is 11.3 Å². The Labute approximate surface area is 226 Å². The highest BCUT2D eigenvalue weighted by atomic mass is 19.2. The van der Waals surface area contributed by atoms with Crippen molar-refractivity contribution >= 4 is 5.91 Å². The van der Waals surface area contributed by atoms with Crippen LogP contribution in [0.3, 0.4) is 0 Å². The number of rotatable bonds is 5. The van der Waals surface area contributed by atoms with Gasteiger partial charge in [-0.25, -0.2) is 17.9 Å². The van der Waals surface area contributed by atoms with E-state index in [1.807, 2.05) is 18.2 Å². The summed E-state index contributed by atoms with van der Waals surface area (Å²) in [5, 5.41) is 40.9. The lowest BCUT2D eigenvalue weighted by Crippen LogP contribution is -2.68. The fraction of sp³-hybridized carbons (Fsp3) is 0.444. The number of ether oxygens (including phenoxy) is 2. The molecular weight excluding hydrogens is 533 g/mol. The molecule has 40 heavy (non-hydrogen) atoms. The lowest BCUT2D eigenvalue weighted by atomic mass is 9.64. The Bertz CT molecular complexity index is 1450. The molecule has 10 nitrogen and oxygen atoms in total. The van der Waals surface area contributed by atoms with Crippen LogP contribution in [0.4, 0.5) is 13.2 Å². The number of amides is 1. The van der Waals surface area contributed by atoms with E-state index in [9.17, 15) is 33.3 Å². The summed E-state index contributed by atoms with van der Waals surface area (Å²) in [5.41, 5.74) is 6.24. The minimum Gasteiger partial charge on any atom is -0.394 e. The van der Waals surface area contributed by atoms with E-state index < -0.39 is 71.4 Å². The van der Waals surface area contributed by atoms with E-state index in [0.717, 1.165) is 22.4 Å². The van der Waals surface area contributed by atoms with Crippen molar-refractivity contribution in [1.82, 2.24) is 15.0 Å². The predicted octanol–water partition coefficient (Wildman–Crippen LogP) is 1.12. The SMILES string of the molecule is NC(=O)C1([C@H]2CCO[C@]23O[C@H](CO)[C@H](O)[C@H](n2cc(-c4cc(F)c(F)c(F)c4)nn2)[C@H]3O)CCc2ccccc21. The number of aromatic nitrogens is 3. The highest BCUT2D eigenvalue weighted by Crippen LogP contribution is 2.57. The molecule has 2 aromatic carbocycles. The quantitative estimate of drug-likeness (QED) is 0.339. The van der Waals surface area contributed by atoms with Crippen LogP contribution in [0.15, 0.2) is 42.6 Å². The molecule has 2 fully saturated rings. The molecule has 3 heterocycles. The summed E-state index contributed by atoms with van der Waals surface area (Å²) < 4.78 is 54.5. The van der Waals surface area contributed by atoms with Crippen molar-refractivity contribution in [2.45, 2.75) is 54.8 Å². The van der Waals surface area contributed by atoms with Gasteiger partial charge in [-0.1, -0.05) is 29.5 Å². The second kappa shape index (κ2) is 9.63. The van der Waals surface area contributed by atoms with Gasteiger partial charge < -0.3 is 30.5 Å². The molecule has 1 aromatic heterocycles. The minimum atomic E-state index is -1.88. The average molecular weight is 561 g/mol. The molecule has 13 heteroatoms. The zero-order valence-corrected chi connectivity index (χ0v) is 21.1. The molecule has 0 saturated carbocycles. The van der Waals surface area contributed by atoms with Crippen LogP contribution in [0.1, 0.15) is 30.0 Å². The Morgan fingerprint density at radius 1 is 1.18 bits per heavy atom. The summed E-state index contributed by atoms with van der Waals surface area (Å²) in [6.45, 7) is -0.574. The van der Waals surface area contributed by atoms with Crippen LogP contribution < -0.4 is 5.73 Å². The molecule has 0 radical (unpaired) electrons. The van der Waals surface area contributed by atoms with E-state index in [1.54, 1.807) is 6.07 Å². The minimum absolute atomic E-state index is 0.0690. The molecule has 1 spiro atoms. The summed E-state index contributed by atoms with van der Waals surface area (Å²) >= 11 is 0. The molecule has 0 bridgehead atoms. The van der Waals surface area contributed by atoms with E-state index in [1.165, 1.54) is 6.20 Å². The monoisotopic (exact) mass is 560 g/mol. The van der Waals surface area contributed by atoms with Crippen molar-refractivity contribution in [3.05, 3.63) is 71.2 Å². The van der Waals surface area contributed by atoms with Crippen molar-refractivity contribution in [1.29, 1.82) is 0 Å². The van der Waals surface area contributed by atoms with Crippen LogP contribution >= 0.6 is 0 Å². The van der Waals surface area contributed by atoms with Crippen molar-refractivity contribution in [2.24, 2.45) is 11.7 Å². The molecular formula is C27H27F3N4O6. The standard InChI is InChI=1S/C27H27F3N4O6/c28-16-9-14(10-17(29)21(16)30)18-11-34(33-32-18)22-23(36)19(12-35)40-27(24(22)37)20(6-8-39-27)26(25(31)38)7-5-13-3-1-2-4-15(13)26/h1-4,9-11,19-20,22-24,35-37H,5-8,12H2,(H2,31,38)/t19-,20-,22+,23+,24-,26?,27+/m1/s1.